The lowest BCUT2D eigenvalue weighted by molar-refractivity contribution is -0.136. The second-order valence-electron chi connectivity index (χ2n) is 4.19. The molecule has 6 nitrogen and oxygen atoms in total. The standard InChI is InChI=1S/C10H21NO5S/c1-9(2)15-5-6-17(12,13)11-7-10-3-4-14-8-16-10/h9-11H,3-8H2,1-2H3. The van der Waals surface area contributed by atoms with Crippen LogP contribution < -0.4 is 4.72 Å². The fourth-order valence-electron chi connectivity index (χ4n) is 1.35. The molecule has 1 aliphatic rings. The maximum Gasteiger partial charge on any atom is 0.213 e. The largest absolute Gasteiger partial charge is 0.378 e. The van der Waals surface area contributed by atoms with Crippen LogP contribution in [0.25, 0.3) is 0 Å². The summed E-state index contributed by atoms with van der Waals surface area (Å²) in [5, 5.41) is 0. The summed E-state index contributed by atoms with van der Waals surface area (Å²) in [7, 11) is -3.27. The zero-order chi connectivity index (χ0) is 12.7. The summed E-state index contributed by atoms with van der Waals surface area (Å²) in [6.45, 7) is 5.10. The minimum Gasteiger partial charge on any atom is -0.378 e. The summed E-state index contributed by atoms with van der Waals surface area (Å²) in [5.41, 5.74) is 0. The van der Waals surface area contributed by atoms with Crippen LogP contribution >= 0.6 is 0 Å². The normalized spacial score (nSPS) is 21.9. The summed E-state index contributed by atoms with van der Waals surface area (Å²) in [4.78, 5) is 0. The van der Waals surface area contributed by atoms with Gasteiger partial charge in [0, 0.05) is 6.54 Å². The number of sulfonamides is 1. The Morgan fingerprint density at radius 3 is 2.82 bits per heavy atom. The van der Waals surface area contributed by atoms with Crippen molar-refractivity contribution >= 4 is 10.0 Å². The summed E-state index contributed by atoms with van der Waals surface area (Å²) in [6, 6.07) is 0. The molecular weight excluding hydrogens is 246 g/mol. The summed E-state index contributed by atoms with van der Waals surface area (Å²) >= 11 is 0. The highest BCUT2D eigenvalue weighted by Crippen LogP contribution is 2.05. The van der Waals surface area contributed by atoms with Gasteiger partial charge in [0.15, 0.2) is 0 Å². The summed E-state index contributed by atoms with van der Waals surface area (Å²) < 4.78 is 41.1. The highest BCUT2D eigenvalue weighted by molar-refractivity contribution is 7.89. The molecule has 0 radical (unpaired) electrons. The van der Waals surface area contributed by atoms with Gasteiger partial charge in [-0.15, -0.1) is 0 Å². The van der Waals surface area contributed by atoms with E-state index in [1.54, 1.807) is 0 Å². The fourth-order valence-corrected chi connectivity index (χ4v) is 2.25. The molecule has 0 bridgehead atoms. The van der Waals surface area contributed by atoms with Crippen molar-refractivity contribution in [2.75, 3.05) is 32.3 Å². The Labute approximate surface area is 103 Å². The molecule has 1 fully saturated rings. The number of rotatable bonds is 7. The molecule has 7 heteroatoms. The van der Waals surface area contributed by atoms with Gasteiger partial charge in [0.1, 0.15) is 6.79 Å². The quantitative estimate of drug-likeness (QED) is 0.708. The van der Waals surface area contributed by atoms with Crippen LogP contribution in [-0.2, 0) is 24.2 Å². The first-order valence-corrected chi connectivity index (χ1v) is 7.43. The summed E-state index contributed by atoms with van der Waals surface area (Å²) in [5.74, 6) is -0.0194. The molecule has 102 valence electrons. The van der Waals surface area contributed by atoms with Gasteiger partial charge in [-0.05, 0) is 20.3 Å². The van der Waals surface area contributed by atoms with Gasteiger partial charge >= 0.3 is 0 Å². The molecule has 1 aliphatic heterocycles. The van der Waals surface area contributed by atoms with E-state index in [4.69, 9.17) is 14.2 Å². The van der Waals surface area contributed by atoms with Crippen molar-refractivity contribution in [1.82, 2.24) is 4.72 Å². The second kappa shape index (κ2) is 7.27. The zero-order valence-electron chi connectivity index (χ0n) is 10.3. The average Bonchev–Trinajstić information content (AvgIpc) is 2.27. The van der Waals surface area contributed by atoms with E-state index in [-0.39, 0.29) is 31.4 Å². The van der Waals surface area contributed by atoms with Crippen LogP contribution in [0.1, 0.15) is 20.3 Å². The lowest BCUT2D eigenvalue weighted by atomic mass is 10.2. The molecule has 1 atom stereocenters. The molecule has 0 aromatic heterocycles. The van der Waals surface area contributed by atoms with Gasteiger partial charge in [-0.25, -0.2) is 13.1 Å². The van der Waals surface area contributed by atoms with E-state index in [1.165, 1.54) is 0 Å². The van der Waals surface area contributed by atoms with E-state index in [1.807, 2.05) is 13.8 Å². The SMILES string of the molecule is CC(C)OCCS(=O)(=O)NCC1CCOCO1. The fraction of sp³-hybridized carbons (Fsp3) is 1.00. The third-order valence-corrected chi connectivity index (χ3v) is 3.62. The summed E-state index contributed by atoms with van der Waals surface area (Å²) in [6.07, 6.45) is 0.666. The molecule has 0 aliphatic carbocycles. The Bertz CT molecular complexity index is 298. The van der Waals surface area contributed by atoms with Gasteiger partial charge in [0.05, 0.1) is 31.2 Å². The second-order valence-corrected chi connectivity index (χ2v) is 6.12. The van der Waals surface area contributed by atoms with Crippen LogP contribution in [0.3, 0.4) is 0 Å². The molecule has 1 heterocycles. The van der Waals surface area contributed by atoms with E-state index >= 15 is 0 Å². The monoisotopic (exact) mass is 267 g/mol. The van der Waals surface area contributed by atoms with Crippen LogP contribution in [0.15, 0.2) is 0 Å². The van der Waals surface area contributed by atoms with Gasteiger partial charge in [-0.1, -0.05) is 0 Å². The minimum absolute atomic E-state index is 0.0194. The maximum absolute atomic E-state index is 11.6. The Morgan fingerprint density at radius 1 is 1.47 bits per heavy atom. The predicted octanol–water partition coefficient (Wildman–Crippen LogP) is 0.0938. The zero-order valence-corrected chi connectivity index (χ0v) is 11.2. The van der Waals surface area contributed by atoms with Gasteiger partial charge in [0.2, 0.25) is 10.0 Å². The maximum atomic E-state index is 11.6. The lowest BCUT2D eigenvalue weighted by Crippen LogP contribution is -2.38. The Balaban J connectivity index is 2.19. The van der Waals surface area contributed by atoms with Gasteiger partial charge in [-0.3, -0.25) is 0 Å². The van der Waals surface area contributed by atoms with Crippen LogP contribution in [0.5, 0.6) is 0 Å². The molecule has 1 rings (SSSR count). The van der Waals surface area contributed by atoms with Crippen LogP contribution in [0.2, 0.25) is 0 Å². The first-order chi connectivity index (χ1) is 7.99. The number of ether oxygens (including phenoxy) is 3. The van der Waals surface area contributed by atoms with E-state index in [2.05, 4.69) is 4.72 Å². The highest BCUT2D eigenvalue weighted by Gasteiger charge is 2.17. The predicted molar refractivity (Wildman–Crippen MR) is 63.2 cm³/mol. The molecule has 0 aromatic rings. The third kappa shape index (κ3) is 6.95. The molecular formula is C10H21NO5S. The van der Waals surface area contributed by atoms with Crippen LogP contribution in [0.4, 0.5) is 0 Å². The van der Waals surface area contributed by atoms with Crippen LogP contribution in [-0.4, -0.2) is 52.9 Å². The molecule has 1 unspecified atom stereocenters. The number of hydrogen-bond donors (Lipinski definition) is 1. The van der Waals surface area contributed by atoms with Crippen molar-refractivity contribution < 1.29 is 22.6 Å². The van der Waals surface area contributed by atoms with Crippen molar-refractivity contribution in [2.24, 2.45) is 0 Å². The smallest absolute Gasteiger partial charge is 0.213 e. The topological polar surface area (TPSA) is 73.9 Å². The highest BCUT2D eigenvalue weighted by atomic mass is 32.2. The minimum atomic E-state index is -3.27. The Kier molecular flexibility index (Phi) is 6.35. The van der Waals surface area contributed by atoms with Crippen molar-refractivity contribution in [3.8, 4) is 0 Å². The number of hydrogen-bond acceptors (Lipinski definition) is 5. The van der Waals surface area contributed by atoms with E-state index in [0.29, 0.717) is 19.6 Å². The lowest BCUT2D eigenvalue weighted by Gasteiger charge is -2.22. The van der Waals surface area contributed by atoms with Crippen LogP contribution in [0, 0.1) is 0 Å². The Morgan fingerprint density at radius 2 is 2.24 bits per heavy atom. The first kappa shape index (κ1) is 14.8. The first-order valence-electron chi connectivity index (χ1n) is 5.78. The van der Waals surface area contributed by atoms with Crippen molar-refractivity contribution in [2.45, 2.75) is 32.5 Å². The van der Waals surface area contributed by atoms with Gasteiger partial charge in [-0.2, -0.15) is 0 Å². The molecule has 0 saturated carbocycles. The van der Waals surface area contributed by atoms with Crippen molar-refractivity contribution in [1.29, 1.82) is 0 Å². The van der Waals surface area contributed by atoms with E-state index in [0.717, 1.165) is 0 Å². The van der Waals surface area contributed by atoms with E-state index in [9.17, 15) is 8.42 Å². The van der Waals surface area contributed by atoms with Crippen molar-refractivity contribution in [3.05, 3.63) is 0 Å². The molecule has 1 saturated heterocycles. The van der Waals surface area contributed by atoms with Gasteiger partial charge in [0.25, 0.3) is 0 Å². The van der Waals surface area contributed by atoms with E-state index < -0.39 is 10.0 Å². The molecule has 17 heavy (non-hydrogen) atoms. The Hall–Kier alpha value is -0.210. The third-order valence-electron chi connectivity index (χ3n) is 2.31. The molecule has 0 spiro atoms. The van der Waals surface area contributed by atoms with Crippen molar-refractivity contribution in [3.63, 3.8) is 0 Å². The number of nitrogens with one attached hydrogen (secondary N) is 1. The molecule has 0 aromatic carbocycles. The average molecular weight is 267 g/mol. The molecule has 0 amide bonds. The van der Waals surface area contributed by atoms with Gasteiger partial charge < -0.3 is 14.2 Å². The molecule has 1 N–H and O–H groups in total.